The fourth-order valence-corrected chi connectivity index (χ4v) is 3.84. The smallest absolute Gasteiger partial charge is 0.286 e. The van der Waals surface area contributed by atoms with Crippen molar-refractivity contribution in [2.75, 3.05) is 0 Å². The molecule has 0 aliphatic rings. The van der Waals surface area contributed by atoms with Crippen LogP contribution in [0.5, 0.6) is 0 Å². The van der Waals surface area contributed by atoms with Gasteiger partial charge in [0.25, 0.3) is 0 Å². The summed E-state index contributed by atoms with van der Waals surface area (Å²) in [6.45, 7) is 0. The van der Waals surface area contributed by atoms with Crippen LogP contribution in [0.1, 0.15) is 5.56 Å². The fraction of sp³-hybridized carbons (Fsp3) is 0.0476. The summed E-state index contributed by atoms with van der Waals surface area (Å²) in [5.41, 5.74) is 1.68. The van der Waals surface area contributed by atoms with Crippen LogP contribution < -0.4 is 0 Å². The minimum Gasteiger partial charge on any atom is -0.286 e. The molecule has 0 saturated heterocycles. The quantitative estimate of drug-likeness (QED) is 0.381. The van der Waals surface area contributed by atoms with Crippen molar-refractivity contribution in [2.45, 2.75) is 11.1 Å². The second-order valence-electron chi connectivity index (χ2n) is 5.87. The third-order valence-electron chi connectivity index (χ3n) is 4.13. The summed E-state index contributed by atoms with van der Waals surface area (Å²) in [6.07, 6.45) is -2.45. The summed E-state index contributed by atoms with van der Waals surface area (Å²) in [5, 5.41) is 0.926. The highest BCUT2D eigenvalue weighted by Crippen LogP contribution is 2.37. The first-order valence-electron chi connectivity index (χ1n) is 8.03. The Balaban J connectivity index is 1.84. The molecule has 0 aliphatic carbocycles. The molecule has 0 fully saturated rings. The van der Waals surface area contributed by atoms with E-state index in [1.165, 1.54) is 24.1 Å². The zero-order chi connectivity index (χ0) is 18.1. The summed E-state index contributed by atoms with van der Waals surface area (Å²) in [6, 6.07) is 23.1. The Morgan fingerprint density at radius 2 is 1.50 bits per heavy atom. The van der Waals surface area contributed by atoms with E-state index in [1.54, 1.807) is 6.07 Å². The van der Waals surface area contributed by atoms with Gasteiger partial charge in [0.1, 0.15) is 0 Å². The van der Waals surface area contributed by atoms with Crippen LogP contribution in [0, 0.1) is 0 Å². The van der Waals surface area contributed by atoms with Crippen molar-refractivity contribution in [2.24, 2.45) is 0 Å². The zero-order valence-electron chi connectivity index (χ0n) is 13.6. The van der Waals surface area contributed by atoms with Crippen molar-refractivity contribution in [1.82, 2.24) is 3.97 Å². The molecule has 0 bridgehead atoms. The van der Waals surface area contributed by atoms with Gasteiger partial charge in [-0.25, -0.2) is 0 Å². The van der Waals surface area contributed by atoms with E-state index in [0.717, 1.165) is 27.4 Å². The Kier molecular flexibility index (Phi) is 4.24. The van der Waals surface area contributed by atoms with Crippen LogP contribution >= 0.6 is 11.9 Å². The number of halogens is 3. The first kappa shape index (κ1) is 16.8. The molecule has 130 valence electrons. The van der Waals surface area contributed by atoms with Gasteiger partial charge in [-0.15, -0.1) is 0 Å². The summed E-state index contributed by atoms with van der Waals surface area (Å²) in [4.78, 5) is 1.06. The molecule has 0 spiro atoms. The van der Waals surface area contributed by atoms with Crippen molar-refractivity contribution in [3.05, 3.63) is 90.6 Å². The van der Waals surface area contributed by atoms with E-state index in [0.29, 0.717) is 5.56 Å². The molecule has 26 heavy (non-hydrogen) atoms. The van der Waals surface area contributed by atoms with Crippen LogP contribution in [0.4, 0.5) is 13.2 Å². The summed E-state index contributed by atoms with van der Waals surface area (Å²) in [7, 11) is 0. The van der Waals surface area contributed by atoms with Crippen molar-refractivity contribution in [1.29, 1.82) is 0 Å². The molecule has 0 atom stereocenters. The Morgan fingerprint density at radius 3 is 2.27 bits per heavy atom. The molecule has 5 heteroatoms. The molecule has 4 rings (SSSR count). The SMILES string of the molecule is FC(F)(F)c1cccc(-c2cn(Sc3ccccc3)c3ccccc23)c1. The Hall–Kier alpha value is -2.66. The van der Waals surface area contributed by atoms with Gasteiger partial charge in [0.05, 0.1) is 11.1 Å². The topological polar surface area (TPSA) is 4.93 Å². The van der Waals surface area contributed by atoms with Gasteiger partial charge >= 0.3 is 6.18 Å². The standard InChI is InChI=1S/C21H14F3NS/c22-21(23,24)16-8-6-7-15(13-16)19-14-25(20-12-5-4-11-18(19)20)26-17-9-2-1-3-10-17/h1-14H. The number of benzene rings is 3. The molecule has 0 radical (unpaired) electrons. The van der Waals surface area contributed by atoms with Crippen LogP contribution in [0.15, 0.2) is 90.0 Å². The number of hydrogen-bond acceptors (Lipinski definition) is 1. The van der Waals surface area contributed by atoms with Gasteiger partial charge in [0, 0.05) is 22.0 Å². The maximum atomic E-state index is 13.1. The van der Waals surface area contributed by atoms with E-state index in [2.05, 4.69) is 0 Å². The predicted octanol–water partition coefficient (Wildman–Crippen LogP) is 6.88. The highest BCUT2D eigenvalue weighted by atomic mass is 32.2. The van der Waals surface area contributed by atoms with Crippen molar-refractivity contribution < 1.29 is 13.2 Å². The first-order valence-corrected chi connectivity index (χ1v) is 8.81. The van der Waals surface area contributed by atoms with Gasteiger partial charge in [0.2, 0.25) is 0 Å². The van der Waals surface area contributed by atoms with Crippen LogP contribution in [-0.4, -0.2) is 3.97 Å². The second kappa shape index (κ2) is 6.57. The molecular formula is C21H14F3NS. The molecule has 1 aromatic heterocycles. The Labute approximate surface area is 153 Å². The molecule has 0 aliphatic heterocycles. The highest BCUT2D eigenvalue weighted by molar-refractivity contribution is 7.98. The maximum absolute atomic E-state index is 13.1. The molecule has 0 saturated carbocycles. The number of fused-ring (bicyclic) bond motifs is 1. The van der Waals surface area contributed by atoms with Gasteiger partial charge in [-0.05, 0) is 47.8 Å². The van der Waals surface area contributed by atoms with Gasteiger partial charge in [0.15, 0.2) is 0 Å². The third-order valence-corrected chi connectivity index (χ3v) is 5.11. The fourth-order valence-electron chi connectivity index (χ4n) is 2.91. The summed E-state index contributed by atoms with van der Waals surface area (Å²) in [5.74, 6) is 0. The Morgan fingerprint density at radius 1 is 0.769 bits per heavy atom. The first-order chi connectivity index (χ1) is 12.5. The number of nitrogens with zero attached hydrogens (tertiary/aromatic N) is 1. The lowest BCUT2D eigenvalue weighted by atomic mass is 10.0. The maximum Gasteiger partial charge on any atom is 0.416 e. The van der Waals surface area contributed by atoms with E-state index in [9.17, 15) is 13.2 Å². The molecular weight excluding hydrogens is 355 g/mol. The average Bonchev–Trinajstić information content (AvgIpc) is 3.01. The molecule has 3 aromatic carbocycles. The van der Waals surface area contributed by atoms with Crippen LogP contribution in [0.2, 0.25) is 0 Å². The van der Waals surface area contributed by atoms with Gasteiger partial charge < -0.3 is 0 Å². The molecule has 0 amide bonds. The average molecular weight is 369 g/mol. The van der Waals surface area contributed by atoms with Gasteiger partial charge in [-0.1, -0.05) is 48.5 Å². The Bertz CT molecular complexity index is 1050. The minimum absolute atomic E-state index is 0.559. The lowest BCUT2D eigenvalue weighted by Crippen LogP contribution is -2.04. The van der Waals surface area contributed by atoms with Crippen molar-refractivity contribution in [3.63, 3.8) is 0 Å². The lowest BCUT2D eigenvalue weighted by molar-refractivity contribution is -0.137. The molecule has 4 aromatic rings. The van der Waals surface area contributed by atoms with E-state index in [-0.39, 0.29) is 0 Å². The van der Waals surface area contributed by atoms with Gasteiger partial charge in [-0.3, -0.25) is 3.97 Å². The van der Waals surface area contributed by atoms with E-state index in [4.69, 9.17) is 0 Å². The van der Waals surface area contributed by atoms with Crippen LogP contribution in [0.3, 0.4) is 0 Å². The molecule has 0 N–H and O–H groups in total. The van der Waals surface area contributed by atoms with E-state index >= 15 is 0 Å². The summed E-state index contributed by atoms with van der Waals surface area (Å²) < 4.78 is 41.2. The number of alkyl halides is 3. The monoisotopic (exact) mass is 369 g/mol. The molecule has 1 nitrogen and oxygen atoms in total. The minimum atomic E-state index is -4.35. The van der Waals surface area contributed by atoms with Crippen LogP contribution in [-0.2, 0) is 6.18 Å². The number of hydrogen-bond donors (Lipinski definition) is 0. The highest BCUT2D eigenvalue weighted by Gasteiger charge is 2.30. The lowest BCUT2D eigenvalue weighted by Gasteiger charge is -2.08. The number of rotatable bonds is 3. The second-order valence-corrected chi connectivity index (χ2v) is 6.92. The van der Waals surface area contributed by atoms with Crippen molar-refractivity contribution in [3.8, 4) is 11.1 Å². The third kappa shape index (κ3) is 3.22. The van der Waals surface area contributed by atoms with E-state index in [1.807, 2.05) is 64.8 Å². The number of para-hydroxylation sites is 1. The predicted molar refractivity (Wildman–Crippen MR) is 100 cm³/mol. The van der Waals surface area contributed by atoms with Crippen LogP contribution in [0.25, 0.3) is 22.0 Å². The normalized spacial score (nSPS) is 11.8. The molecule has 0 unspecified atom stereocenters. The largest absolute Gasteiger partial charge is 0.416 e. The summed E-state index contributed by atoms with van der Waals surface area (Å²) >= 11 is 1.54. The van der Waals surface area contributed by atoms with E-state index < -0.39 is 11.7 Å². The number of aromatic nitrogens is 1. The van der Waals surface area contributed by atoms with Crippen molar-refractivity contribution >= 4 is 22.9 Å². The zero-order valence-corrected chi connectivity index (χ0v) is 14.4. The van der Waals surface area contributed by atoms with Gasteiger partial charge in [-0.2, -0.15) is 13.2 Å². The molecule has 1 heterocycles.